The van der Waals surface area contributed by atoms with Crippen LogP contribution >= 0.6 is 0 Å². The van der Waals surface area contributed by atoms with Gasteiger partial charge in [-0.25, -0.2) is 14.1 Å². The molecule has 0 saturated heterocycles. The quantitative estimate of drug-likeness (QED) is 0.279. The second-order valence-corrected chi connectivity index (χ2v) is 9.27. The van der Waals surface area contributed by atoms with Crippen molar-refractivity contribution in [3.8, 4) is 5.88 Å². The third-order valence-corrected chi connectivity index (χ3v) is 6.58. The number of hydroxylamine groups is 1. The van der Waals surface area contributed by atoms with E-state index in [1.807, 2.05) is 0 Å². The molecule has 11 heteroatoms. The molecule has 5 rings (SSSR count). The van der Waals surface area contributed by atoms with Gasteiger partial charge in [0.25, 0.3) is 0 Å². The predicted molar refractivity (Wildman–Crippen MR) is 123 cm³/mol. The summed E-state index contributed by atoms with van der Waals surface area (Å²) in [7, 11) is 3.02. The molecule has 0 amide bonds. The normalized spacial score (nSPS) is 18.7. The summed E-state index contributed by atoms with van der Waals surface area (Å²) >= 11 is 0. The van der Waals surface area contributed by atoms with E-state index < -0.39 is 17.8 Å². The number of anilines is 1. The Balaban J connectivity index is 0.000000194. The Labute approximate surface area is 218 Å². The molecule has 2 aromatic rings. The Hall–Kier alpha value is -1.90. The molecule has 2 aromatic heterocycles. The summed E-state index contributed by atoms with van der Waals surface area (Å²) in [5, 5.41) is 6.62. The molecule has 3 saturated carbocycles. The van der Waals surface area contributed by atoms with E-state index in [9.17, 15) is 13.6 Å². The summed E-state index contributed by atoms with van der Waals surface area (Å²) < 4.78 is 33.5. The fourth-order valence-electron chi connectivity index (χ4n) is 4.23. The number of rotatable bonds is 11. The van der Waals surface area contributed by atoms with E-state index in [0.29, 0.717) is 17.5 Å². The van der Waals surface area contributed by atoms with Gasteiger partial charge in [-0.2, -0.15) is 9.49 Å². The number of ether oxygens (including phenoxy) is 1. The minimum absolute atomic E-state index is 0. The van der Waals surface area contributed by atoms with Crippen LogP contribution in [0.1, 0.15) is 57.1 Å². The van der Waals surface area contributed by atoms with Gasteiger partial charge in [-0.3, -0.25) is 0 Å². The topological polar surface area (TPSA) is 92.4 Å². The van der Waals surface area contributed by atoms with Crippen LogP contribution in [0.4, 0.5) is 14.5 Å². The smallest absolute Gasteiger partial charge is 0.235 e. The first-order valence-electron chi connectivity index (χ1n) is 11.9. The number of methoxy groups -OCH3 is 1. The number of nitrogens with one attached hydrogen (secondary N) is 1. The van der Waals surface area contributed by atoms with Crippen LogP contribution in [-0.2, 0) is 30.7 Å². The molecule has 8 nitrogen and oxygen atoms in total. The number of carbonyl (C=O) groups excluding carboxylic acids is 1. The molecular weight excluding hydrogens is 628 g/mol. The standard InChI is InChI=1S/C12H14F2N4O.C12H18NO2.W/c1-7(18-11(14)10(15-2)6-17-18)9-4-8(13)5-16-12(9)19-3;14-7-11(15-13-10-5-6-10)12(8-1-2-8)9-3-4-9;/h4-7,15H,1-3H3;7-12H,1-6H2;/q;-1;/t7-;;/m0../s1. The van der Waals surface area contributed by atoms with Crippen molar-refractivity contribution in [1.82, 2.24) is 14.8 Å². The van der Waals surface area contributed by atoms with Gasteiger partial charge >= 0.3 is 0 Å². The number of aldehydes is 1. The summed E-state index contributed by atoms with van der Waals surface area (Å²) in [5.74, 6) is 1.19. The van der Waals surface area contributed by atoms with Gasteiger partial charge in [0.05, 0.1) is 31.6 Å². The van der Waals surface area contributed by atoms with Crippen molar-refractivity contribution in [2.75, 3.05) is 19.5 Å². The average Bonchev–Trinajstić information content (AvgIpc) is 3.68. The SMILES string of the molecule is CNc1cnn([C@@H](C)c2cc(F)cnc2OC)c1F.O=CC(O[N-]C1CC1)C(C1CC1)C1CC1.[W]. The zero-order valence-electron chi connectivity index (χ0n) is 20.2. The third-order valence-electron chi connectivity index (χ3n) is 6.58. The van der Waals surface area contributed by atoms with E-state index in [1.165, 1.54) is 45.1 Å². The first-order chi connectivity index (χ1) is 16.5. The van der Waals surface area contributed by atoms with Crippen LogP contribution in [0.25, 0.3) is 5.48 Å². The molecule has 0 bridgehead atoms. The van der Waals surface area contributed by atoms with Crippen molar-refractivity contribution in [2.24, 2.45) is 17.8 Å². The first kappa shape index (κ1) is 27.7. The van der Waals surface area contributed by atoms with Crippen LogP contribution in [0.15, 0.2) is 18.5 Å². The van der Waals surface area contributed by atoms with Gasteiger partial charge in [-0.05, 0) is 56.4 Å². The van der Waals surface area contributed by atoms with Gasteiger partial charge in [0.1, 0.15) is 17.8 Å². The first-order valence-corrected chi connectivity index (χ1v) is 11.9. The maximum absolute atomic E-state index is 14.0. The van der Waals surface area contributed by atoms with Crippen LogP contribution in [-0.4, -0.2) is 47.4 Å². The maximum Gasteiger partial charge on any atom is 0.235 e. The predicted octanol–water partition coefficient (Wildman–Crippen LogP) is 4.67. The number of aromatic nitrogens is 3. The van der Waals surface area contributed by atoms with Gasteiger partial charge in [-0.15, -0.1) is 6.04 Å². The number of halogens is 2. The van der Waals surface area contributed by atoms with E-state index in [2.05, 4.69) is 20.9 Å². The van der Waals surface area contributed by atoms with Crippen LogP contribution < -0.4 is 10.1 Å². The zero-order valence-corrected chi connectivity index (χ0v) is 23.1. The molecule has 35 heavy (non-hydrogen) atoms. The minimum atomic E-state index is -0.541. The van der Waals surface area contributed by atoms with Crippen molar-refractivity contribution in [3.63, 3.8) is 0 Å². The van der Waals surface area contributed by atoms with E-state index in [4.69, 9.17) is 9.57 Å². The molecule has 1 unspecified atom stereocenters. The average molecular weight is 660 g/mol. The molecule has 3 fully saturated rings. The molecule has 0 aromatic carbocycles. The number of nitrogens with zero attached hydrogens (tertiary/aromatic N) is 4. The van der Waals surface area contributed by atoms with Gasteiger partial charge in [0.15, 0.2) is 0 Å². The van der Waals surface area contributed by atoms with E-state index in [-0.39, 0.29) is 38.7 Å². The molecule has 3 aliphatic carbocycles. The van der Waals surface area contributed by atoms with Gasteiger partial charge in [0, 0.05) is 33.7 Å². The zero-order chi connectivity index (χ0) is 24.2. The molecule has 192 valence electrons. The second-order valence-electron chi connectivity index (χ2n) is 9.27. The molecular formula is C24H32F2N5O3W-. The number of hydrogen-bond acceptors (Lipinski definition) is 6. The molecule has 1 N–H and O–H groups in total. The summed E-state index contributed by atoms with van der Waals surface area (Å²) in [6, 6.07) is 1.11. The van der Waals surface area contributed by atoms with Crippen LogP contribution in [0.3, 0.4) is 0 Å². The molecule has 0 aliphatic heterocycles. The largest absolute Gasteiger partial charge is 0.531 e. The van der Waals surface area contributed by atoms with E-state index in [0.717, 1.165) is 41.8 Å². The third kappa shape index (κ3) is 7.08. The molecule has 0 spiro atoms. The van der Waals surface area contributed by atoms with Crippen LogP contribution in [0.5, 0.6) is 5.88 Å². The van der Waals surface area contributed by atoms with Crippen molar-refractivity contribution in [2.45, 2.75) is 63.6 Å². The molecule has 2 heterocycles. The van der Waals surface area contributed by atoms with Crippen LogP contribution in [0.2, 0.25) is 0 Å². The summed E-state index contributed by atoms with van der Waals surface area (Å²) in [4.78, 5) is 20.3. The summed E-state index contributed by atoms with van der Waals surface area (Å²) in [6.45, 7) is 1.69. The van der Waals surface area contributed by atoms with E-state index in [1.54, 1.807) is 14.0 Å². The second kappa shape index (κ2) is 12.4. The fraction of sp³-hybridized carbons (Fsp3) is 0.625. The number of pyridine rings is 1. The molecule has 0 radical (unpaired) electrons. The number of carbonyl (C=O) groups is 1. The van der Waals surface area contributed by atoms with Crippen molar-refractivity contribution in [3.05, 3.63) is 41.3 Å². The van der Waals surface area contributed by atoms with Gasteiger partial charge in [0.2, 0.25) is 11.8 Å². The maximum atomic E-state index is 14.0. The Kier molecular flexibility index (Phi) is 9.78. The van der Waals surface area contributed by atoms with Gasteiger partial charge in [-0.1, -0.05) is 12.8 Å². The number of hydrogen-bond donors (Lipinski definition) is 1. The van der Waals surface area contributed by atoms with E-state index >= 15 is 0 Å². The van der Waals surface area contributed by atoms with Crippen LogP contribution in [0, 0.1) is 29.5 Å². The Morgan fingerprint density at radius 3 is 2.31 bits per heavy atom. The van der Waals surface area contributed by atoms with Crippen molar-refractivity contribution in [1.29, 1.82) is 0 Å². The van der Waals surface area contributed by atoms with Crippen molar-refractivity contribution >= 4 is 12.0 Å². The fourth-order valence-corrected chi connectivity index (χ4v) is 4.23. The monoisotopic (exact) mass is 660 g/mol. The molecule has 2 atom stereocenters. The summed E-state index contributed by atoms with van der Waals surface area (Å²) in [6.07, 6.45) is 10.6. The summed E-state index contributed by atoms with van der Waals surface area (Å²) in [5.41, 5.74) is 4.81. The Morgan fingerprint density at radius 1 is 1.17 bits per heavy atom. The molecule has 3 aliphatic rings. The van der Waals surface area contributed by atoms with Crippen molar-refractivity contribution < 1.29 is 44.2 Å². The Bertz CT molecular complexity index is 970. The van der Waals surface area contributed by atoms with Gasteiger partial charge < -0.3 is 25.2 Å². The minimum Gasteiger partial charge on any atom is -0.531 e. The Morgan fingerprint density at radius 2 is 1.83 bits per heavy atom.